The predicted octanol–water partition coefficient (Wildman–Crippen LogP) is 4.91. The molecule has 0 aliphatic heterocycles. The van der Waals surface area contributed by atoms with Crippen LogP contribution < -0.4 is 10.1 Å². The summed E-state index contributed by atoms with van der Waals surface area (Å²) in [7, 11) is 1.29. The van der Waals surface area contributed by atoms with E-state index in [2.05, 4.69) is 42.1 Å². The number of aliphatic hydroxyl groups is 1. The molecule has 0 saturated heterocycles. The van der Waals surface area contributed by atoms with Gasteiger partial charge in [0.25, 0.3) is 5.91 Å². The maximum atomic E-state index is 12.6. The van der Waals surface area contributed by atoms with Crippen LogP contribution in [0.2, 0.25) is 0 Å². The minimum absolute atomic E-state index is 0.154. The standard InChI is InChI=1S/C26H37NO5S/c1-8-25(6,21-14-18(5)23(33-21)24(29)27-15-22(28)31-7)19-11-12-20(17(4)13-19)32-16-26(30,9-2)10-3/h11-14,30H,8-10,15-16H2,1-7H3,(H,27,29). The highest BCUT2D eigenvalue weighted by Gasteiger charge is 2.31. The van der Waals surface area contributed by atoms with Crippen LogP contribution in [0.15, 0.2) is 24.3 Å². The first kappa shape index (κ1) is 26.9. The number of nitrogens with one attached hydrogen (secondary N) is 1. The van der Waals surface area contributed by atoms with Gasteiger partial charge < -0.3 is 19.9 Å². The summed E-state index contributed by atoms with van der Waals surface area (Å²) in [6, 6.07) is 8.22. The van der Waals surface area contributed by atoms with Gasteiger partial charge in [0.05, 0.1) is 17.6 Å². The second-order valence-corrected chi connectivity index (χ2v) is 9.82. The van der Waals surface area contributed by atoms with Gasteiger partial charge in [0, 0.05) is 10.3 Å². The Labute approximate surface area is 201 Å². The van der Waals surface area contributed by atoms with Crippen molar-refractivity contribution in [2.24, 2.45) is 0 Å². The van der Waals surface area contributed by atoms with Crippen LogP contribution in [0, 0.1) is 13.8 Å². The van der Waals surface area contributed by atoms with Gasteiger partial charge >= 0.3 is 5.97 Å². The van der Waals surface area contributed by atoms with Gasteiger partial charge in [0.1, 0.15) is 18.9 Å². The first-order chi connectivity index (χ1) is 15.5. The molecular weight excluding hydrogens is 438 g/mol. The Morgan fingerprint density at radius 1 is 1.06 bits per heavy atom. The Morgan fingerprint density at radius 3 is 2.27 bits per heavy atom. The van der Waals surface area contributed by atoms with Gasteiger partial charge in [-0.15, -0.1) is 11.3 Å². The molecule has 33 heavy (non-hydrogen) atoms. The molecule has 1 heterocycles. The third kappa shape index (κ3) is 6.15. The van der Waals surface area contributed by atoms with Gasteiger partial charge in [0.2, 0.25) is 0 Å². The van der Waals surface area contributed by atoms with Crippen LogP contribution >= 0.6 is 11.3 Å². The van der Waals surface area contributed by atoms with Crippen molar-refractivity contribution in [3.8, 4) is 5.75 Å². The lowest BCUT2D eigenvalue weighted by Gasteiger charge is -2.29. The Kier molecular flexibility index (Phi) is 9.09. The summed E-state index contributed by atoms with van der Waals surface area (Å²) in [4.78, 5) is 25.7. The molecule has 0 fully saturated rings. The highest BCUT2D eigenvalue weighted by molar-refractivity contribution is 7.14. The van der Waals surface area contributed by atoms with Crippen molar-refractivity contribution in [3.63, 3.8) is 0 Å². The molecule has 1 aromatic carbocycles. The van der Waals surface area contributed by atoms with Crippen molar-refractivity contribution in [2.75, 3.05) is 20.3 Å². The fourth-order valence-electron chi connectivity index (χ4n) is 3.63. The zero-order chi connectivity index (χ0) is 24.8. The highest BCUT2D eigenvalue weighted by Crippen LogP contribution is 2.41. The summed E-state index contributed by atoms with van der Waals surface area (Å²) < 4.78 is 10.6. The number of ether oxygens (including phenoxy) is 2. The number of hydrogen-bond donors (Lipinski definition) is 2. The average Bonchev–Trinajstić information content (AvgIpc) is 3.22. The zero-order valence-corrected chi connectivity index (χ0v) is 21.6. The first-order valence-corrected chi connectivity index (χ1v) is 12.3. The zero-order valence-electron chi connectivity index (χ0n) is 20.8. The van der Waals surface area contributed by atoms with Gasteiger partial charge in [-0.1, -0.05) is 39.8 Å². The van der Waals surface area contributed by atoms with Gasteiger partial charge in [0.15, 0.2) is 0 Å². The molecular formula is C26H37NO5S. The number of benzene rings is 1. The van der Waals surface area contributed by atoms with Crippen molar-refractivity contribution in [2.45, 2.75) is 71.8 Å². The molecule has 1 atom stereocenters. The molecule has 2 rings (SSSR count). The van der Waals surface area contributed by atoms with Gasteiger partial charge in [-0.2, -0.15) is 0 Å². The van der Waals surface area contributed by atoms with E-state index in [9.17, 15) is 14.7 Å². The van der Waals surface area contributed by atoms with E-state index in [-0.39, 0.29) is 24.5 Å². The molecule has 182 valence electrons. The third-order valence-electron chi connectivity index (χ3n) is 6.62. The van der Waals surface area contributed by atoms with Crippen LogP contribution in [0.4, 0.5) is 0 Å². The maximum Gasteiger partial charge on any atom is 0.325 e. The molecule has 7 heteroatoms. The molecule has 1 unspecified atom stereocenters. The van der Waals surface area contributed by atoms with E-state index in [0.717, 1.165) is 33.7 Å². The molecule has 6 nitrogen and oxygen atoms in total. The van der Waals surface area contributed by atoms with E-state index < -0.39 is 11.6 Å². The molecule has 0 spiro atoms. The monoisotopic (exact) mass is 475 g/mol. The Bertz CT molecular complexity index is 979. The maximum absolute atomic E-state index is 12.6. The Morgan fingerprint density at radius 2 is 1.73 bits per heavy atom. The van der Waals surface area contributed by atoms with Crippen molar-refractivity contribution in [3.05, 3.63) is 50.7 Å². The number of carbonyl (C=O) groups excluding carboxylic acids is 2. The fraction of sp³-hybridized carbons (Fsp3) is 0.538. The smallest absolute Gasteiger partial charge is 0.325 e. The quantitative estimate of drug-likeness (QED) is 0.451. The van der Waals surface area contributed by atoms with Crippen LogP contribution in [0.5, 0.6) is 5.75 Å². The topological polar surface area (TPSA) is 84.9 Å². The lowest BCUT2D eigenvalue weighted by atomic mass is 9.78. The molecule has 0 saturated carbocycles. The number of carbonyl (C=O) groups is 2. The van der Waals surface area contributed by atoms with Crippen LogP contribution in [0.25, 0.3) is 0 Å². The Balaban J connectivity index is 2.28. The van der Waals surface area contributed by atoms with E-state index in [1.54, 1.807) is 0 Å². The molecule has 1 aromatic heterocycles. The predicted molar refractivity (Wildman–Crippen MR) is 132 cm³/mol. The van der Waals surface area contributed by atoms with Crippen LogP contribution in [-0.2, 0) is 14.9 Å². The first-order valence-electron chi connectivity index (χ1n) is 11.5. The second kappa shape index (κ2) is 11.2. The summed E-state index contributed by atoms with van der Waals surface area (Å²) >= 11 is 1.45. The van der Waals surface area contributed by atoms with Crippen molar-refractivity contribution >= 4 is 23.2 Å². The molecule has 0 bridgehead atoms. The van der Waals surface area contributed by atoms with Crippen molar-refractivity contribution in [1.29, 1.82) is 0 Å². The van der Waals surface area contributed by atoms with Crippen molar-refractivity contribution < 1.29 is 24.2 Å². The minimum Gasteiger partial charge on any atom is -0.490 e. The Hall–Kier alpha value is -2.38. The van der Waals surface area contributed by atoms with Crippen LogP contribution in [-0.4, -0.2) is 42.8 Å². The average molecular weight is 476 g/mol. The molecule has 2 N–H and O–H groups in total. The fourth-order valence-corrected chi connectivity index (χ4v) is 4.95. The molecule has 1 amide bonds. The minimum atomic E-state index is -0.817. The van der Waals surface area contributed by atoms with Gasteiger partial charge in [-0.25, -0.2) is 0 Å². The largest absolute Gasteiger partial charge is 0.490 e. The van der Waals surface area contributed by atoms with E-state index in [4.69, 9.17) is 4.74 Å². The number of esters is 1. The number of amides is 1. The van der Waals surface area contributed by atoms with Crippen LogP contribution in [0.1, 0.15) is 78.2 Å². The van der Waals surface area contributed by atoms with E-state index in [0.29, 0.717) is 17.7 Å². The van der Waals surface area contributed by atoms with Gasteiger partial charge in [-0.05, 0) is 61.9 Å². The summed E-state index contributed by atoms with van der Waals surface area (Å²) in [5.74, 6) is 0.0138. The molecule has 0 aliphatic carbocycles. The molecule has 0 aliphatic rings. The number of aryl methyl sites for hydroxylation is 2. The SMILES string of the molecule is CCC(O)(CC)COc1ccc(C(C)(CC)c2cc(C)c(C(=O)NCC(=O)OC)s2)cc1C. The summed E-state index contributed by atoms with van der Waals surface area (Å²) in [5, 5.41) is 13.2. The lowest BCUT2D eigenvalue weighted by molar-refractivity contribution is -0.139. The normalized spacial score (nSPS) is 13.3. The molecule has 0 radical (unpaired) electrons. The lowest BCUT2D eigenvalue weighted by Crippen LogP contribution is -2.34. The highest BCUT2D eigenvalue weighted by atomic mass is 32.1. The second-order valence-electron chi connectivity index (χ2n) is 8.77. The third-order valence-corrected chi connectivity index (χ3v) is 8.12. The number of thiophene rings is 1. The van der Waals surface area contributed by atoms with Crippen molar-refractivity contribution in [1.82, 2.24) is 5.32 Å². The van der Waals surface area contributed by atoms with E-state index >= 15 is 0 Å². The summed E-state index contributed by atoms with van der Waals surface area (Å²) in [5.41, 5.74) is 1.92. The van der Waals surface area contributed by atoms with Gasteiger partial charge in [-0.3, -0.25) is 9.59 Å². The molecule has 2 aromatic rings. The van der Waals surface area contributed by atoms with E-state index in [1.165, 1.54) is 18.4 Å². The summed E-state index contributed by atoms with van der Waals surface area (Å²) in [6.07, 6.45) is 2.13. The summed E-state index contributed by atoms with van der Waals surface area (Å²) in [6.45, 7) is 12.3. The van der Waals surface area contributed by atoms with E-state index in [1.807, 2.05) is 33.8 Å². The van der Waals surface area contributed by atoms with Crippen LogP contribution in [0.3, 0.4) is 0 Å². The number of rotatable bonds is 11. The number of hydrogen-bond acceptors (Lipinski definition) is 6. The number of methoxy groups -OCH3 is 1.